The summed E-state index contributed by atoms with van der Waals surface area (Å²) in [6.07, 6.45) is 0. The lowest BCUT2D eigenvalue weighted by Crippen LogP contribution is -2.36. The Balaban J connectivity index is 1.42. The van der Waals surface area contributed by atoms with Crippen LogP contribution in [0, 0.1) is 17.0 Å². The maximum absolute atomic E-state index is 12.1. The number of nitrogens with one attached hydrogen (secondary N) is 2. The van der Waals surface area contributed by atoms with Crippen LogP contribution in [-0.2, 0) is 11.3 Å². The molecule has 2 heterocycles. The fourth-order valence-electron chi connectivity index (χ4n) is 2.56. The van der Waals surface area contributed by atoms with Crippen molar-refractivity contribution in [3.8, 4) is 5.75 Å². The molecule has 0 bridgehead atoms. The van der Waals surface area contributed by atoms with Crippen LogP contribution in [-0.4, -0.2) is 56.4 Å². The fourth-order valence-corrected chi connectivity index (χ4v) is 3.23. The molecule has 0 unspecified atom stereocenters. The highest BCUT2D eigenvalue weighted by atomic mass is 35.5. The zero-order chi connectivity index (χ0) is 24.8. The average Bonchev–Trinajstić information content (AvgIpc) is 3.36. The van der Waals surface area contributed by atoms with Crippen LogP contribution in [0.1, 0.15) is 22.2 Å². The number of carbonyl (C=O) groups excluding carboxylic acids is 2. The Morgan fingerprint density at radius 2 is 1.97 bits per heavy atom. The summed E-state index contributed by atoms with van der Waals surface area (Å²) in [6, 6.07) is 4.61. The van der Waals surface area contributed by atoms with Crippen LogP contribution in [0.25, 0.3) is 0 Å². The molecular weight excluding hydrogens is 517 g/mol. The van der Waals surface area contributed by atoms with Crippen molar-refractivity contribution < 1.29 is 23.8 Å². The maximum Gasteiger partial charge on any atom is 0.408 e. The van der Waals surface area contributed by atoms with Crippen LogP contribution in [0.2, 0.25) is 15.1 Å². The first-order valence-corrected chi connectivity index (χ1v) is 10.6. The molecule has 3 aromatic rings. The van der Waals surface area contributed by atoms with Gasteiger partial charge in [-0.15, -0.1) is 0 Å². The number of aromatic nitrogens is 4. The summed E-state index contributed by atoms with van der Waals surface area (Å²) in [5, 5.41) is 24.0. The zero-order valence-electron chi connectivity index (χ0n) is 17.4. The minimum Gasteiger partial charge on any atom is -0.482 e. The van der Waals surface area contributed by atoms with Crippen LogP contribution in [0.15, 0.2) is 22.7 Å². The molecular formula is C18H16Cl3N7O6. The molecule has 0 saturated carbocycles. The monoisotopic (exact) mass is 531 g/mol. The van der Waals surface area contributed by atoms with Crippen LogP contribution in [0.5, 0.6) is 5.75 Å². The number of carbonyl (C=O) groups is 2. The second-order valence-corrected chi connectivity index (χ2v) is 7.84. The van der Waals surface area contributed by atoms with Crippen molar-refractivity contribution in [3.05, 3.63) is 60.8 Å². The van der Waals surface area contributed by atoms with Crippen molar-refractivity contribution >= 4 is 52.4 Å². The van der Waals surface area contributed by atoms with Gasteiger partial charge >= 0.3 is 17.6 Å². The van der Waals surface area contributed by atoms with Crippen molar-refractivity contribution in [2.75, 3.05) is 19.7 Å². The van der Waals surface area contributed by atoms with Gasteiger partial charge in [-0.2, -0.15) is 9.67 Å². The van der Waals surface area contributed by atoms with Gasteiger partial charge in [0, 0.05) is 18.1 Å². The lowest BCUT2D eigenvalue weighted by molar-refractivity contribution is -0.389. The normalized spacial score (nSPS) is 10.7. The number of hydrogen-bond donors (Lipinski definition) is 2. The second-order valence-electron chi connectivity index (χ2n) is 6.62. The lowest BCUT2D eigenvalue weighted by Gasteiger charge is -2.09. The molecule has 1 aromatic carbocycles. The number of ether oxygens (including phenoxy) is 1. The highest BCUT2D eigenvalue weighted by Gasteiger charge is 2.25. The first-order chi connectivity index (χ1) is 16.2. The Hall–Kier alpha value is -3.42. The quantitative estimate of drug-likeness (QED) is 0.226. The largest absolute Gasteiger partial charge is 0.482 e. The third-order valence-corrected chi connectivity index (χ3v) is 5.20. The summed E-state index contributed by atoms with van der Waals surface area (Å²) >= 11 is 17.6. The maximum atomic E-state index is 12.1. The molecule has 2 amide bonds. The third kappa shape index (κ3) is 6.34. The summed E-state index contributed by atoms with van der Waals surface area (Å²) in [5.74, 6) is -1.55. The number of benzene rings is 1. The first-order valence-electron chi connectivity index (χ1n) is 9.48. The summed E-state index contributed by atoms with van der Waals surface area (Å²) in [6.45, 7) is 1.35. The van der Waals surface area contributed by atoms with Gasteiger partial charge < -0.3 is 30.0 Å². The minimum absolute atomic E-state index is 0.0635. The number of nitrogens with zero attached hydrogens (tertiary/aromatic N) is 5. The Labute approximate surface area is 206 Å². The van der Waals surface area contributed by atoms with E-state index in [2.05, 4.69) is 25.9 Å². The molecule has 13 nitrogen and oxygen atoms in total. The highest BCUT2D eigenvalue weighted by Crippen LogP contribution is 2.27. The van der Waals surface area contributed by atoms with Gasteiger partial charge in [-0.25, -0.2) is 0 Å². The van der Waals surface area contributed by atoms with E-state index in [1.165, 1.54) is 10.7 Å². The van der Waals surface area contributed by atoms with Gasteiger partial charge in [-0.1, -0.05) is 40.0 Å². The Morgan fingerprint density at radius 3 is 2.65 bits per heavy atom. The summed E-state index contributed by atoms with van der Waals surface area (Å²) in [4.78, 5) is 38.2. The molecule has 3 rings (SSSR count). The van der Waals surface area contributed by atoms with E-state index in [9.17, 15) is 19.7 Å². The third-order valence-electron chi connectivity index (χ3n) is 4.23. The van der Waals surface area contributed by atoms with E-state index in [0.29, 0.717) is 16.5 Å². The summed E-state index contributed by atoms with van der Waals surface area (Å²) < 4.78 is 11.4. The molecule has 2 N–H and O–H groups in total. The molecule has 0 fully saturated rings. The standard InChI is InChI=1S/C18H16Cl3N7O6/c1-9-15(21)16(28(31)32)25-27(9)7-13-24-18(34-26-13)17(30)23-5-4-22-14(29)8-33-12-3-2-10(19)6-11(12)20/h2-3,6H,4-5,7-8H2,1H3,(H,22,29)(H,23,30). The second kappa shape index (κ2) is 11.1. The predicted molar refractivity (Wildman–Crippen MR) is 119 cm³/mol. The van der Waals surface area contributed by atoms with Crippen LogP contribution in [0.3, 0.4) is 0 Å². The van der Waals surface area contributed by atoms with Crippen molar-refractivity contribution in [2.45, 2.75) is 13.5 Å². The number of halogens is 3. The Morgan fingerprint density at radius 1 is 1.24 bits per heavy atom. The molecule has 2 aromatic heterocycles. The van der Waals surface area contributed by atoms with Gasteiger partial charge in [-0.05, 0) is 30.0 Å². The topological polar surface area (TPSA) is 167 Å². The molecule has 0 atom stereocenters. The van der Waals surface area contributed by atoms with E-state index in [1.807, 2.05) is 0 Å². The summed E-state index contributed by atoms with van der Waals surface area (Å²) in [5.41, 5.74) is 0.335. The highest BCUT2D eigenvalue weighted by molar-refractivity contribution is 6.35. The smallest absolute Gasteiger partial charge is 0.408 e. The van der Waals surface area contributed by atoms with Crippen molar-refractivity contribution in [3.63, 3.8) is 0 Å². The van der Waals surface area contributed by atoms with Gasteiger partial charge in [0.05, 0.1) is 15.8 Å². The first kappa shape index (κ1) is 25.2. The van der Waals surface area contributed by atoms with Gasteiger partial charge in [0.2, 0.25) is 0 Å². The SMILES string of the molecule is Cc1c(Cl)c([N+](=O)[O-])nn1Cc1noc(C(=O)NCCNC(=O)COc2ccc(Cl)cc2Cl)n1. The van der Waals surface area contributed by atoms with E-state index in [1.54, 1.807) is 19.1 Å². The predicted octanol–water partition coefficient (Wildman–Crippen LogP) is 2.42. The van der Waals surface area contributed by atoms with Crippen molar-refractivity contribution in [2.24, 2.45) is 0 Å². The van der Waals surface area contributed by atoms with E-state index in [-0.39, 0.29) is 48.0 Å². The van der Waals surface area contributed by atoms with E-state index < -0.39 is 22.6 Å². The van der Waals surface area contributed by atoms with Gasteiger partial charge in [-0.3, -0.25) is 9.59 Å². The van der Waals surface area contributed by atoms with E-state index in [4.69, 9.17) is 44.1 Å². The Kier molecular flexibility index (Phi) is 8.26. The van der Waals surface area contributed by atoms with Crippen molar-refractivity contribution in [1.82, 2.24) is 30.6 Å². The molecule has 0 saturated heterocycles. The minimum atomic E-state index is -0.710. The van der Waals surface area contributed by atoms with Gasteiger partial charge in [0.1, 0.15) is 12.3 Å². The molecule has 0 aliphatic heterocycles. The van der Waals surface area contributed by atoms with Crippen molar-refractivity contribution in [1.29, 1.82) is 0 Å². The van der Waals surface area contributed by atoms with E-state index >= 15 is 0 Å². The number of amides is 2. The lowest BCUT2D eigenvalue weighted by atomic mass is 10.3. The number of rotatable bonds is 10. The fraction of sp³-hybridized carbons (Fsp3) is 0.278. The Bertz CT molecular complexity index is 1230. The van der Waals surface area contributed by atoms with Gasteiger partial charge in [0.25, 0.3) is 5.91 Å². The summed E-state index contributed by atoms with van der Waals surface area (Å²) in [7, 11) is 0. The van der Waals surface area contributed by atoms with Crippen LogP contribution >= 0.6 is 34.8 Å². The molecule has 0 aliphatic rings. The molecule has 16 heteroatoms. The van der Waals surface area contributed by atoms with Crippen LogP contribution in [0.4, 0.5) is 5.82 Å². The molecule has 34 heavy (non-hydrogen) atoms. The molecule has 0 spiro atoms. The van der Waals surface area contributed by atoms with Gasteiger partial charge in [0.15, 0.2) is 17.5 Å². The van der Waals surface area contributed by atoms with E-state index in [0.717, 1.165) is 0 Å². The molecule has 0 radical (unpaired) electrons. The van der Waals surface area contributed by atoms with Crippen LogP contribution < -0.4 is 15.4 Å². The average molecular weight is 533 g/mol. The molecule has 0 aliphatic carbocycles. The molecule has 180 valence electrons. The number of nitro groups is 1. The zero-order valence-corrected chi connectivity index (χ0v) is 19.6. The number of hydrogen-bond acceptors (Lipinski definition) is 9.